The zero-order valence-electron chi connectivity index (χ0n) is 9.11. The smallest absolute Gasteiger partial charge is 0.0953 e. The molecule has 0 aliphatic heterocycles. The molecule has 1 aromatic carbocycles. The summed E-state index contributed by atoms with van der Waals surface area (Å²) in [7, 11) is 0. The molecule has 0 aliphatic carbocycles. The van der Waals surface area contributed by atoms with Crippen LogP contribution in [0.1, 0.15) is 24.1 Å². The van der Waals surface area contributed by atoms with Gasteiger partial charge in [-0.3, -0.25) is 0 Å². The maximum Gasteiger partial charge on any atom is 0.0953 e. The first-order valence-corrected chi connectivity index (χ1v) is 5.70. The van der Waals surface area contributed by atoms with E-state index in [-0.39, 0.29) is 6.04 Å². The van der Waals surface area contributed by atoms with Crippen LogP contribution in [-0.4, -0.2) is 6.54 Å². The first kappa shape index (κ1) is 11.2. The molecular weight excluding hydrogens is 222 g/mol. The number of halogens is 1. The van der Waals surface area contributed by atoms with Crippen molar-refractivity contribution in [2.45, 2.75) is 13.0 Å². The molecule has 1 heterocycles. The van der Waals surface area contributed by atoms with E-state index in [4.69, 9.17) is 16.0 Å². The number of furan rings is 1. The highest BCUT2D eigenvalue weighted by atomic mass is 35.5. The molecule has 1 unspecified atom stereocenters. The SMILES string of the molecule is CCNC(c1ccoc1)c1cccc(Cl)c1. The molecule has 0 amide bonds. The van der Waals surface area contributed by atoms with Crippen LogP contribution >= 0.6 is 11.6 Å². The summed E-state index contributed by atoms with van der Waals surface area (Å²) < 4.78 is 5.12. The molecule has 2 nitrogen and oxygen atoms in total. The van der Waals surface area contributed by atoms with E-state index in [0.29, 0.717) is 0 Å². The summed E-state index contributed by atoms with van der Waals surface area (Å²) in [5.41, 5.74) is 2.26. The summed E-state index contributed by atoms with van der Waals surface area (Å²) >= 11 is 6.00. The second-order valence-electron chi connectivity index (χ2n) is 3.60. The topological polar surface area (TPSA) is 25.2 Å². The normalized spacial score (nSPS) is 12.6. The molecule has 84 valence electrons. The molecule has 2 aromatic rings. The lowest BCUT2D eigenvalue weighted by Gasteiger charge is -2.16. The van der Waals surface area contributed by atoms with Gasteiger partial charge in [0, 0.05) is 10.6 Å². The van der Waals surface area contributed by atoms with Crippen molar-refractivity contribution >= 4 is 11.6 Å². The lowest BCUT2D eigenvalue weighted by Crippen LogP contribution is -2.21. The van der Waals surface area contributed by atoms with Crippen LogP contribution in [0.15, 0.2) is 47.3 Å². The molecule has 2 rings (SSSR count). The van der Waals surface area contributed by atoms with E-state index < -0.39 is 0 Å². The van der Waals surface area contributed by atoms with Gasteiger partial charge >= 0.3 is 0 Å². The van der Waals surface area contributed by atoms with Crippen LogP contribution in [0.5, 0.6) is 0 Å². The van der Waals surface area contributed by atoms with Crippen LogP contribution < -0.4 is 5.32 Å². The van der Waals surface area contributed by atoms with Crippen LogP contribution in [0.25, 0.3) is 0 Å². The molecule has 0 fully saturated rings. The Kier molecular flexibility index (Phi) is 3.65. The molecule has 0 spiro atoms. The summed E-state index contributed by atoms with van der Waals surface area (Å²) in [5.74, 6) is 0. The largest absolute Gasteiger partial charge is 0.472 e. The third kappa shape index (κ3) is 2.46. The lowest BCUT2D eigenvalue weighted by molar-refractivity contribution is 0.553. The summed E-state index contributed by atoms with van der Waals surface area (Å²) in [5, 5.41) is 4.16. The highest BCUT2D eigenvalue weighted by Crippen LogP contribution is 2.24. The Hall–Kier alpha value is -1.25. The maximum absolute atomic E-state index is 6.00. The summed E-state index contributed by atoms with van der Waals surface area (Å²) in [6.07, 6.45) is 3.44. The Morgan fingerprint density at radius 3 is 2.81 bits per heavy atom. The molecule has 1 atom stereocenters. The van der Waals surface area contributed by atoms with Gasteiger partial charge in [-0.25, -0.2) is 0 Å². The molecule has 16 heavy (non-hydrogen) atoms. The average molecular weight is 236 g/mol. The summed E-state index contributed by atoms with van der Waals surface area (Å²) in [4.78, 5) is 0. The van der Waals surface area contributed by atoms with Gasteiger partial charge in [-0.1, -0.05) is 30.7 Å². The quantitative estimate of drug-likeness (QED) is 0.876. The first-order chi connectivity index (χ1) is 7.81. The minimum atomic E-state index is 0.141. The van der Waals surface area contributed by atoms with Crippen molar-refractivity contribution < 1.29 is 4.42 Å². The van der Waals surface area contributed by atoms with E-state index in [9.17, 15) is 0 Å². The maximum atomic E-state index is 6.00. The molecule has 0 saturated carbocycles. The van der Waals surface area contributed by atoms with Crippen molar-refractivity contribution in [3.8, 4) is 0 Å². The Labute approximate surface area is 100 Å². The summed E-state index contributed by atoms with van der Waals surface area (Å²) in [6.45, 7) is 2.97. The number of hydrogen-bond donors (Lipinski definition) is 1. The second kappa shape index (κ2) is 5.19. The van der Waals surface area contributed by atoms with Crippen LogP contribution in [0.2, 0.25) is 5.02 Å². The lowest BCUT2D eigenvalue weighted by atomic mass is 10.0. The minimum absolute atomic E-state index is 0.141. The van der Waals surface area contributed by atoms with Crippen LogP contribution in [0, 0.1) is 0 Å². The van der Waals surface area contributed by atoms with Crippen LogP contribution in [0.3, 0.4) is 0 Å². The van der Waals surface area contributed by atoms with E-state index in [1.165, 1.54) is 0 Å². The van der Waals surface area contributed by atoms with Gasteiger partial charge in [0.2, 0.25) is 0 Å². The van der Waals surface area contributed by atoms with Gasteiger partial charge in [-0.15, -0.1) is 0 Å². The molecule has 0 aliphatic rings. The van der Waals surface area contributed by atoms with Gasteiger partial charge in [-0.2, -0.15) is 0 Å². The van der Waals surface area contributed by atoms with E-state index >= 15 is 0 Å². The average Bonchev–Trinajstić information content (AvgIpc) is 2.79. The van der Waals surface area contributed by atoms with E-state index in [2.05, 4.69) is 18.3 Å². The molecule has 1 aromatic heterocycles. The predicted molar refractivity (Wildman–Crippen MR) is 65.7 cm³/mol. The number of benzene rings is 1. The van der Waals surface area contributed by atoms with Crippen molar-refractivity contribution in [3.63, 3.8) is 0 Å². The number of hydrogen-bond acceptors (Lipinski definition) is 2. The van der Waals surface area contributed by atoms with Crippen molar-refractivity contribution in [1.82, 2.24) is 5.32 Å². The monoisotopic (exact) mass is 235 g/mol. The molecule has 1 N–H and O–H groups in total. The van der Waals surface area contributed by atoms with Crippen LogP contribution in [0.4, 0.5) is 0 Å². The zero-order valence-corrected chi connectivity index (χ0v) is 9.87. The fourth-order valence-electron chi connectivity index (χ4n) is 1.76. The van der Waals surface area contributed by atoms with Crippen molar-refractivity contribution in [1.29, 1.82) is 0 Å². The minimum Gasteiger partial charge on any atom is -0.472 e. The van der Waals surface area contributed by atoms with Gasteiger partial charge in [0.15, 0.2) is 0 Å². The predicted octanol–water partition coefficient (Wildman–Crippen LogP) is 3.63. The third-order valence-corrected chi connectivity index (χ3v) is 2.70. The first-order valence-electron chi connectivity index (χ1n) is 5.32. The summed E-state index contributed by atoms with van der Waals surface area (Å²) in [6, 6.07) is 9.98. The zero-order chi connectivity index (χ0) is 11.4. The van der Waals surface area contributed by atoms with Gasteiger partial charge in [0.1, 0.15) is 0 Å². The van der Waals surface area contributed by atoms with Gasteiger partial charge in [0.25, 0.3) is 0 Å². The fourth-order valence-corrected chi connectivity index (χ4v) is 1.96. The van der Waals surface area contributed by atoms with E-state index in [1.54, 1.807) is 12.5 Å². The molecule has 0 radical (unpaired) electrons. The van der Waals surface area contributed by atoms with E-state index in [0.717, 1.165) is 22.7 Å². The Bertz CT molecular complexity index is 439. The Balaban J connectivity index is 2.33. The van der Waals surface area contributed by atoms with Gasteiger partial charge in [0.05, 0.1) is 18.6 Å². The second-order valence-corrected chi connectivity index (χ2v) is 4.04. The van der Waals surface area contributed by atoms with Crippen molar-refractivity contribution in [2.24, 2.45) is 0 Å². The fraction of sp³-hybridized carbons (Fsp3) is 0.231. The van der Waals surface area contributed by atoms with Gasteiger partial charge in [-0.05, 0) is 30.3 Å². The molecule has 0 bridgehead atoms. The molecule has 3 heteroatoms. The highest BCUT2D eigenvalue weighted by Gasteiger charge is 2.13. The number of rotatable bonds is 4. The molecular formula is C13H14ClNO. The Morgan fingerprint density at radius 1 is 1.31 bits per heavy atom. The Morgan fingerprint density at radius 2 is 2.19 bits per heavy atom. The highest BCUT2D eigenvalue weighted by molar-refractivity contribution is 6.30. The third-order valence-electron chi connectivity index (χ3n) is 2.47. The van der Waals surface area contributed by atoms with Crippen molar-refractivity contribution in [2.75, 3.05) is 6.54 Å². The number of nitrogens with one attached hydrogen (secondary N) is 1. The van der Waals surface area contributed by atoms with Crippen LogP contribution in [-0.2, 0) is 0 Å². The van der Waals surface area contributed by atoms with Gasteiger partial charge < -0.3 is 9.73 Å². The van der Waals surface area contributed by atoms with E-state index in [1.807, 2.05) is 24.3 Å². The standard InChI is InChI=1S/C13H14ClNO/c1-2-15-13(11-6-7-16-9-11)10-4-3-5-12(14)8-10/h3-9,13,15H,2H2,1H3. The van der Waals surface area contributed by atoms with Crippen molar-refractivity contribution in [3.05, 3.63) is 59.0 Å². The molecule has 0 saturated heterocycles.